The summed E-state index contributed by atoms with van der Waals surface area (Å²) in [6.07, 6.45) is 0.445. The molecule has 20 heavy (non-hydrogen) atoms. The zero-order chi connectivity index (χ0) is 14.5. The first-order chi connectivity index (χ1) is 9.54. The summed E-state index contributed by atoms with van der Waals surface area (Å²) in [5.74, 6) is 1.43. The Hall–Kier alpha value is -1.40. The van der Waals surface area contributed by atoms with E-state index in [-0.39, 0.29) is 5.91 Å². The molecule has 0 aromatic heterocycles. The van der Waals surface area contributed by atoms with Gasteiger partial charge in [0.15, 0.2) is 0 Å². The number of carbonyl (C=O) groups excluding carboxylic acids is 1. The number of hydrogen-bond acceptors (Lipinski definition) is 4. The van der Waals surface area contributed by atoms with Crippen LogP contribution in [0.25, 0.3) is 0 Å². The Labute approximate surface area is 122 Å². The van der Waals surface area contributed by atoms with Gasteiger partial charge in [0, 0.05) is 59.7 Å². The van der Waals surface area contributed by atoms with Crippen LogP contribution in [0.3, 0.4) is 0 Å². The van der Waals surface area contributed by atoms with Gasteiger partial charge in [-0.05, 0) is 24.6 Å². The van der Waals surface area contributed by atoms with E-state index in [9.17, 15) is 9.00 Å². The van der Waals surface area contributed by atoms with Crippen molar-refractivity contribution in [3.8, 4) is 0 Å². The highest BCUT2D eigenvalue weighted by Gasteiger charge is 2.16. The van der Waals surface area contributed by atoms with E-state index in [1.54, 1.807) is 6.07 Å². The quantitative estimate of drug-likeness (QED) is 0.812. The monoisotopic (exact) mass is 295 g/mol. The van der Waals surface area contributed by atoms with Crippen LogP contribution in [0, 0.1) is 6.92 Å². The Kier molecular flexibility index (Phi) is 5.14. The maximum Gasteiger partial charge on any atom is 0.225 e. The molecule has 6 heteroatoms. The summed E-state index contributed by atoms with van der Waals surface area (Å²) >= 11 is 0. The van der Waals surface area contributed by atoms with Gasteiger partial charge in [0.1, 0.15) is 0 Å². The minimum Gasteiger partial charge on any atom is -0.399 e. The molecule has 1 amide bonds. The lowest BCUT2D eigenvalue weighted by Crippen LogP contribution is -2.39. The second kappa shape index (κ2) is 6.85. The number of carbonyl (C=O) groups is 1. The average molecular weight is 295 g/mol. The third kappa shape index (κ3) is 4.31. The van der Waals surface area contributed by atoms with Crippen molar-refractivity contribution < 1.29 is 9.00 Å². The number of nitrogens with two attached hydrogens (primary N) is 1. The number of amides is 1. The maximum absolute atomic E-state index is 11.9. The van der Waals surface area contributed by atoms with Gasteiger partial charge in [0.05, 0.1) is 0 Å². The molecule has 2 rings (SSSR count). The fraction of sp³-hybridized carbons (Fsp3) is 0.500. The number of rotatable bonds is 4. The van der Waals surface area contributed by atoms with Crippen LogP contribution in [-0.2, 0) is 15.6 Å². The Bertz CT molecular complexity index is 509. The van der Waals surface area contributed by atoms with Gasteiger partial charge in [-0.1, -0.05) is 6.07 Å². The van der Waals surface area contributed by atoms with Crippen molar-refractivity contribution in [1.82, 2.24) is 4.90 Å². The van der Waals surface area contributed by atoms with Gasteiger partial charge < -0.3 is 16.0 Å². The number of nitrogen functional groups attached to an aromatic ring is 1. The predicted molar refractivity (Wildman–Crippen MR) is 83.2 cm³/mol. The SMILES string of the molecule is Cc1ccc(N)cc1NC(=O)CCN1CCS(=O)CC1. The molecule has 5 nitrogen and oxygen atoms in total. The number of benzene rings is 1. The van der Waals surface area contributed by atoms with Crippen molar-refractivity contribution in [2.75, 3.05) is 42.2 Å². The number of anilines is 2. The lowest BCUT2D eigenvalue weighted by atomic mass is 10.2. The maximum atomic E-state index is 11.9. The van der Waals surface area contributed by atoms with Crippen molar-refractivity contribution in [1.29, 1.82) is 0 Å². The molecule has 1 aliphatic rings. The van der Waals surface area contributed by atoms with Crippen molar-refractivity contribution in [2.24, 2.45) is 0 Å². The van der Waals surface area contributed by atoms with Crippen LogP contribution in [0.2, 0.25) is 0 Å². The first kappa shape index (κ1) is 15.0. The Morgan fingerprint density at radius 3 is 2.80 bits per heavy atom. The summed E-state index contributed by atoms with van der Waals surface area (Å²) in [6.45, 7) is 4.29. The van der Waals surface area contributed by atoms with E-state index in [1.807, 2.05) is 19.1 Å². The zero-order valence-corrected chi connectivity index (χ0v) is 12.5. The van der Waals surface area contributed by atoms with E-state index in [0.29, 0.717) is 18.7 Å². The van der Waals surface area contributed by atoms with Gasteiger partial charge in [0.25, 0.3) is 0 Å². The van der Waals surface area contributed by atoms with Crippen molar-refractivity contribution in [3.05, 3.63) is 23.8 Å². The molecule has 0 atom stereocenters. The van der Waals surface area contributed by atoms with Crippen LogP contribution in [0.4, 0.5) is 11.4 Å². The predicted octanol–water partition coefficient (Wildman–Crippen LogP) is 0.970. The summed E-state index contributed by atoms with van der Waals surface area (Å²) in [4.78, 5) is 14.1. The molecule has 0 aliphatic carbocycles. The third-order valence-electron chi connectivity index (χ3n) is 3.46. The number of nitrogens with zero attached hydrogens (tertiary/aromatic N) is 1. The smallest absolute Gasteiger partial charge is 0.225 e. The molecule has 0 unspecified atom stereocenters. The molecule has 0 radical (unpaired) electrons. The van der Waals surface area contributed by atoms with E-state index in [2.05, 4.69) is 10.2 Å². The largest absolute Gasteiger partial charge is 0.399 e. The zero-order valence-electron chi connectivity index (χ0n) is 11.7. The number of nitrogens with one attached hydrogen (secondary N) is 1. The van der Waals surface area contributed by atoms with Gasteiger partial charge in [0.2, 0.25) is 5.91 Å². The fourth-order valence-electron chi connectivity index (χ4n) is 2.15. The molecule has 1 aromatic carbocycles. The van der Waals surface area contributed by atoms with E-state index < -0.39 is 10.8 Å². The van der Waals surface area contributed by atoms with Crippen molar-refractivity contribution >= 4 is 28.1 Å². The molecule has 110 valence electrons. The molecular weight excluding hydrogens is 274 g/mol. The second-order valence-electron chi connectivity index (χ2n) is 5.06. The van der Waals surface area contributed by atoms with E-state index >= 15 is 0 Å². The average Bonchev–Trinajstić information content (AvgIpc) is 2.42. The summed E-state index contributed by atoms with van der Waals surface area (Å²) in [5.41, 5.74) is 8.14. The summed E-state index contributed by atoms with van der Waals surface area (Å²) in [6, 6.07) is 5.49. The normalized spacial score (nSPS) is 17.1. The first-order valence-corrected chi connectivity index (χ1v) is 8.27. The third-order valence-corrected chi connectivity index (χ3v) is 4.74. The lowest BCUT2D eigenvalue weighted by molar-refractivity contribution is -0.116. The standard InChI is InChI=1S/C14H21N3O2S/c1-11-2-3-12(15)10-13(11)16-14(18)4-5-17-6-8-20(19)9-7-17/h2-3,10H,4-9,15H2,1H3,(H,16,18). The molecule has 0 saturated carbocycles. The van der Waals surface area contributed by atoms with Gasteiger partial charge in [-0.15, -0.1) is 0 Å². The highest BCUT2D eigenvalue weighted by molar-refractivity contribution is 7.85. The first-order valence-electron chi connectivity index (χ1n) is 6.78. The van der Waals surface area contributed by atoms with Gasteiger partial charge in [-0.25, -0.2) is 0 Å². The summed E-state index contributed by atoms with van der Waals surface area (Å²) < 4.78 is 11.3. The fourth-order valence-corrected chi connectivity index (χ4v) is 3.27. The molecule has 0 bridgehead atoms. The van der Waals surface area contributed by atoms with Crippen molar-refractivity contribution in [2.45, 2.75) is 13.3 Å². The van der Waals surface area contributed by atoms with Crippen molar-refractivity contribution in [3.63, 3.8) is 0 Å². The lowest BCUT2D eigenvalue weighted by Gasteiger charge is -2.25. The van der Waals surface area contributed by atoms with Crippen LogP contribution in [-0.4, -0.2) is 46.2 Å². The van der Waals surface area contributed by atoms with E-state index in [0.717, 1.165) is 35.8 Å². The van der Waals surface area contributed by atoms with Crippen LogP contribution < -0.4 is 11.1 Å². The van der Waals surface area contributed by atoms with E-state index in [4.69, 9.17) is 5.73 Å². The molecular formula is C14H21N3O2S. The molecule has 1 saturated heterocycles. The van der Waals surface area contributed by atoms with Crippen LogP contribution >= 0.6 is 0 Å². The Morgan fingerprint density at radius 2 is 2.10 bits per heavy atom. The second-order valence-corrected chi connectivity index (χ2v) is 6.76. The topological polar surface area (TPSA) is 75.4 Å². The minimum absolute atomic E-state index is 0.00889. The highest BCUT2D eigenvalue weighted by atomic mass is 32.2. The number of aryl methyl sites for hydroxylation is 1. The number of hydrogen-bond donors (Lipinski definition) is 2. The van der Waals surface area contributed by atoms with Crippen LogP contribution in [0.15, 0.2) is 18.2 Å². The summed E-state index contributed by atoms with van der Waals surface area (Å²) in [7, 11) is -0.669. The van der Waals surface area contributed by atoms with Gasteiger partial charge >= 0.3 is 0 Å². The Balaban J connectivity index is 1.80. The molecule has 1 heterocycles. The molecule has 1 aliphatic heterocycles. The highest BCUT2D eigenvalue weighted by Crippen LogP contribution is 2.18. The summed E-state index contributed by atoms with van der Waals surface area (Å²) in [5, 5.41) is 2.89. The Morgan fingerprint density at radius 1 is 1.40 bits per heavy atom. The van der Waals surface area contributed by atoms with E-state index in [1.165, 1.54) is 0 Å². The van der Waals surface area contributed by atoms with Crippen LogP contribution in [0.1, 0.15) is 12.0 Å². The minimum atomic E-state index is -0.669. The van der Waals surface area contributed by atoms with Crippen LogP contribution in [0.5, 0.6) is 0 Å². The molecule has 3 N–H and O–H groups in total. The molecule has 1 fully saturated rings. The molecule has 1 aromatic rings. The van der Waals surface area contributed by atoms with Gasteiger partial charge in [-0.3, -0.25) is 9.00 Å². The van der Waals surface area contributed by atoms with Gasteiger partial charge in [-0.2, -0.15) is 0 Å². The molecule has 0 spiro atoms.